The average molecular weight is 451 g/mol. The predicted octanol–water partition coefficient (Wildman–Crippen LogP) is 6.45. The molecule has 0 saturated carbocycles. The molecule has 0 unspecified atom stereocenters. The van der Waals surface area contributed by atoms with E-state index in [1.165, 1.54) is 47.5 Å². The number of anilines is 1. The van der Waals surface area contributed by atoms with Crippen LogP contribution < -0.4 is 5.43 Å². The van der Waals surface area contributed by atoms with Gasteiger partial charge in [-0.05, 0) is 30.3 Å². The largest absolute Gasteiger partial charge is 0.283 e. The van der Waals surface area contributed by atoms with Gasteiger partial charge in [0.2, 0.25) is 5.13 Å². The topological polar surface area (TPSA) is 80.4 Å². The van der Waals surface area contributed by atoms with Crippen LogP contribution in [0.5, 0.6) is 0 Å². The smallest absolute Gasteiger partial charge is 0.258 e. The maximum absolute atomic E-state index is 13.1. The van der Waals surface area contributed by atoms with Crippen LogP contribution >= 0.6 is 23.1 Å². The Bertz CT molecular complexity index is 1230. The van der Waals surface area contributed by atoms with Crippen LogP contribution in [0.25, 0.3) is 11.3 Å². The highest BCUT2D eigenvalue weighted by Crippen LogP contribution is 2.35. The summed E-state index contributed by atoms with van der Waals surface area (Å²) in [5, 5.41) is 18.2. The van der Waals surface area contributed by atoms with E-state index in [2.05, 4.69) is 15.5 Å². The summed E-state index contributed by atoms with van der Waals surface area (Å²) in [7, 11) is 0. The minimum Gasteiger partial charge on any atom is -0.258 e. The van der Waals surface area contributed by atoms with Gasteiger partial charge < -0.3 is 0 Å². The Hall–Kier alpha value is -3.56. The first-order chi connectivity index (χ1) is 15.1. The van der Waals surface area contributed by atoms with Crippen molar-refractivity contribution in [3.63, 3.8) is 0 Å². The van der Waals surface area contributed by atoms with Crippen molar-refractivity contribution >= 4 is 40.1 Å². The number of rotatable bonds is 7. The molecule has 0 fully saturated rings. The van der Waals surface area contributed by atoms with Crippen molar-refractivity contribution in [3.8, 4) is 11.3 Å². The Morgan fingerprint density at radius 1 is 1.10 bits per heavy atom. The fourth-order valence-electron chi connectivity index (χ4n) is 2.70. The molecule has 0 aliphatic rings. The summed E-state index contributed by atoms with van der Waals surface area (Å²) < 4.78 is 13.1. The van der Waals surface area contributed by atoms with E-state index in [0.29, 0.717) is 20.5 Å². The molecule has 0 bridgehead atoms. The summed E-state index contributed by atoms with van der Waals surface area (Å²) >= 11 is 2.62. The van der Waals surface area contributed by atoms with Crippen LogP contribution in [0.3, 0.4) is 0 Å². The molecule has 9 heteroatoms. The average Bonchev–Trinajstić information content (AvgIpc) is 3.26. The molecule has 0 radical (unpaired) electrons. The summed E-state index contributed by atoms with van der Waals surface area (Å²) in [5.41, 5.74) is 5.25. The number of nitrogens with zero attached hydrogens (tertiary/aromatic N) is 3. The van der Waals surface area contributed by atoms with E-state index in [0.717, 1.165) is 11.3 Å². The third kappa shape index (κ3) is 5.33. The third-order valence-electron chi connectivity index (χ3n) is 4.17. The van der Waals surface area contributed by atoms with Gasteiger partial charge >= 0.3 is 0 Å². The second kappa shape index (κ2) is 9.50. The summed E-state index contributed by atoms with van der Waals surface area (Å²) in [4.78, 5) is 16.7. The van der Waals surface area contributed by atoms with Crippen molar-refractivity contribution in [3.05, 3.63) is 99.7 Å². The van der Waals surface area contributed by atoms with Crippen LogP contribution in [0.2, 0.25) is 0 Å². The molecule has 0 spiro atoms. The SMILES string of the molecule is O=[N+]([O-])c1cc(C=NNc2nc(-c3ccccc3)cs2)ccc1Sc1ccc(F)cc1. The molecule has 4 rings (SSSR count). The van der Waals surface area contributed by atoms with Gasteiger partial charge in [-0.1, -0.05) is 48.2 Å². The normalized spacial score (nSPS) is 11.0. The first-order valence-corrected chi connectivity index (χ1v) is 10.8. The van der Waals surface area contributed by atoms with E-state index in [9.17, 15) is 14.5 Å². The molecule has 3 aromatic carbocycles. The zero-order valence-electron chi connectivity index (χ0n) is 15.9. The van der Waals surface area contributed by atoms with Gasteiger partial charge in [0.1, 0.15) is 5.82 Å². The third-order valence-corrected chi connectivity index (χ3v) is 5.99. The van der Waals surface area contributed by atoms with Crippen LogP contribution in [0.15, 0.2) is 93.1 Å². The van der Waals surface area contributed by atoms with Crippen molar-refractivity contribution in [2.75, 3.05) is 5.43 Å². The molecule has 4 aromatic rings. The number of hydrogen-bond acceptors (Lipinski definition) is 7. The van der Waals surface area contributed by atoms with E-state index in [-0.39, 0.29) is 11.5 Å². The zero-order chi connectivity index (χ0) is 21.6. The molecule has 6 nitrogen and oxygen atoms in total. The molecule has 0 aliphatic heterocycles. The lowest BCUT2D eigenvalue weighted by atomic mass is 10.2. The van der Waals surface area contributed by atoms with E-state index in [1.54, 1.807) is 24.3 Å². The summed E-state index contributed by atoms with van der Waals surface area (Å²) in [6.45, 7) is 0. The number of halogens is 1. The van der Waals surface area contributed by atoms with Crippen molar-refractivity contribution in [1.29, 1.82) is 0 Å². The molecule has 0 aliphatic carbocycles. The molecule has 0 amide bonds. The van der Waals surface area contributed by atoms with Crippen molar-refractivity contribution in [2.45, 2.75) is 9.79 Å². The fraction of sp³-hybridized carbons (Fsp3) is 0. The van der Waals surface area contributed by atoms with Crippen molar-refractivity contribution < 1.29 is 9.31 Å². The number of benzene rings is 3. The number of hydrazone groups is 1. The minimum absolute atomic E-state index is 0.0427. The first-order valence-electron chi connectivity index (χ1n) is 9.10. The van der Waals surface area contributed by atoms with Crippen LogP contribution in [0.1, 0.15) is 5.56 Å². The maximum atomic E-state index is 13.1. The lowest BCUT2D eigenvalue weighted by Gasteiger charge is -2.04. The highest BCUT2D eigenvalue weighted by Gasteiger charge is 2.15. The second-order valence-electron chi connectivity index (χ2n) is 6.31. The number of nitro benzene ring substituents is 1. The number of nitro groups is 1. The second-order valence-corrected chi connectivity index (χ2v) is 8.29. The Labute approximate surface area is 185 Å². The lowest BCUT2D eigenvalue weighted by Crippen LogP contribution is -1.95. The molecular formula is C22H15FN4O2S2. The van der Waals surface area contributed by atoms with E-state index < -0.39 is 4.92 Å². The van der Waals surface area contributed by atoms with Crippen LogP contribution in [0.4, 0.5) is 15.2 Å². The summed E-state index contributed by atoms with van der Waals surface area (Å²) in [5.74, 6) is -0.353. The molecule has 0 atom stereocenters. The number of thiazole rings is 1. The lowest BCUT2D eigenvalue weighted by molar-refractivity contribution is -0.387. The van der Waals surface area contributed by atoms with Gasteiger partial charge in [-0.2, -0.15) is 5.10 Å². The quantitative estimate of drug-likeness (QED) is 0.199. The Balaban J connectivity index is 1.46. The number of aromatic nitrogens is 1. The molecule has 1 aromatic heterocycles. The predicted molar refractivity (Wildman–Crippen MR) is 122 cm³/mol. The van der Waals surface area contributed by atoms with E-state index >= 15 is 0 Å². The molecule has 1 heterocycles. The minimum atomic E-state index is -0.441. The van der Waals surface area contributed by atoms with Gasteiger partial charge in [0.15, 0.2) is 0 Å². The van der Waals surface area contributed by atoms with Crippen molar-refractivity contribution in [2.24, 2.45) is 5.10 Å². The van der Waals surface area contributed by atoms with Gasteiger partial charge in [-0.3, -0.25) is 15.5 Å². The van der Waals surface area contributed by atoms with Crippen LogP contribution in [-0.4, -0.2) is 16.1 Å². The van der Waals surface area contributed by atoms with Gasteiger partial charge in [-0.15, -0.1) is 11.3 Å². The fourth-order valence-corrected chi connectivity index (χ4v) is 4.27. The van der Waals surface area contributed by atoms with Crippen LogP contribution in [-0.2, 0) is 0 Å². The monoisotopic (exact) mass is 450 g/mol. The maximum Gasteiger partial charge on any atom is 0.283 e. The van der Waals surface area contributed by atoms with E-state index in [1.807, 2.05) is 35.7 Å². The molecule has 0 saturated heterocycles. The van der Waals surface area contributed by atoms with Gasteiger partial charge in [0.25, 0.3) is 5.69 Å². The highest BCUT2D eigenvalue weighted by atomic mass is 32.2. The Morgan fingerprint density at radius 3 is 2.61 bits per heavy atom. The molecule has 154 valence electrons. The number of nitrogens with one attached hydrogen (secondary N) is 1. The Kier molecular flexibility index (Phi) is 6.34. The first kappa shape index (κ1) is 20.7. The molecule has 31 heavy (non-hydrogen) atoms. The van der Waals surface area contributed by atoms with Gasteiger partial charge in [-0.25, -0.2) is 9.37 Å². The summed E-state index contributed by atoms with van der Waals surface area (Å²) in [6, 6.07) is 20.5. The molecular weight excluding hydrogens is 435 g/mol. The zero-order valence-corrected chi connectivity index (χ0v) is 17.6. The Morgan fingerprint density at radius 2 is 1.87 bits per heavy atom. The van der Waals surface area contributed by atoms with Gasteiger partial charge in [0.05, 0.1) is 21.7 Å². The number of hydrogen-bond donors (Lipinski definition) is 1. The standard InChI is InChI=1S/C22H15FN4O2S2/c23-17-7-9-18(10-8-17)31-21-11-6-15(12-20(21)27(28)29)13-24-26-22-25-19(14-30-22)16-4-2-1-3-5-16/h1-14H,(H,25,26). The molecule has 1 N–H and O–H groups in total. The van der Waals surface area contributed by atoms with Gasteiger partial charge in [0, 0.05) is 27.5 Å². The summed E-state index contributed by atoms with van der Waals surface area (Å²) in [6.07, 6.45) is 1.50. The van der Waals surface area contributed by atoms with E-state index in [4.69, 9.17) is 0 Å². The van der Waals surface area contributed by atoms with Crippen LogP contribution in [0, 0.1) is 15.9 Å². The highest BCUT2D eigenvalue weighted by molar-refractivity contribution is 7.99. The van der Waals surface area contributed by atoms with Crippen molar-refractivity contribution in [1.82, 2.24) is 4.98 Å².